The van der Waals surface area contributed by atoms with E-state index in [-0.39, 0.29) is 6.04 Å². The number of nitrogens with zero attached hydrogens (tertiary/aromatic N) is 1. The minimum atomic E-state index is -3.37. The average Bonchev–Trinajstić information content (AvgIpc) is 3.06. The number of thiophene rings is 1. The minimum Gasteiger partial charge on any atom is -0.299 e. The van der Waals surface area contributed by atoms with E-state index in [1.165, 1.54) is 11.3 Å². The van der Waals surface area contributed by atoms with Crippen molar-refractivity contribution in [1.82, 2.24) is 9.62 Å². The minimum absolute atomic E-state index is 0.00425. The molecule has 2 heterocycles. The molecule has 2 aromatic rings. The summed E-state index contributed by atoms with van der Waals surface area (Å²) in [6.07, 6.45) is 1.63. The fraction of sp³-hybridized carbons (Fsp3) is 0.375. The van der Waals surface area contributed by atoms with Crippen molar-refractivity contribution >= 4 is 33.0 Å². The zero-order valence-corrected chi connectivity index (χ0v) is 15.0. The van der Waals surface area contributed by atoms with Crippen LogP contribution in [0.2, 0.25) is 5.02 Å². The molecule has 1 fully saturated rings. The Morgan fingerprint density at radius 2 is 1.91 bits per heavy atom. The number of hydrogen-bond acceptors (Lipinski definition) is 4. The summed E-state index contributed by atoms with van der Waals surface area (Å²) in [6, 6.07) is 11.3. The fourth-order valence-corrected chi connectivity index (χ4v) is 5.28. The molecule has 23 heavy (non-hydrogen) atoms. The van der Waals surface area contributed by atoms with Crippen LogP contribution in [0.15, 0.2) is 46.0 Å². The second-order valence-corrected chi connectivity index (χ2v) is 8.99. The summed E-state index contributed by atoms with van der Waals surface area (Å²) in [4.78, 5) is 2.32. The third-order valence-electron chi connectivity index (χ3n) is 4.02. The van der Waals surface area contributed by atoms with Gasteiger partial charge < -0.3 is 0 Å². The molecule has 4 nitrogen and oxygen atoms in total. The quantitative estimate of drug-likeness (QED) is 0.878. The van der Waals surface area contributed by atoms with Gasteiger partial charge in [-0.05, 0) is 35.9 Å². The van der Waals surface area contributed by atoms with Gasteiger partial charge in [-0.15, -0.1) is 11.3 Å². The molecular formula is C16H19ClN2O2S2. The van der Waals surface area contributed by atoms with E-state index in [9.17, 15) is 8.42 Å². The topological polar surface area (TPSA) is 49.4 Å². The van der Waals surface area contributed by atoms with Crippen LogP contribution in [0.5, 0.6) is 0 Å². The molecule has 0 atom stereocenters. The summed E-state index contributed by atoms with van der Waals surface area (Å²) in [6.45, 7) is 2.54. The van der Waals surface area contributed by atoms with Crippen LogP contribution in [0.3, 0.4) is 0 Å². The van der Waals surface area contributed by atoms with Gasteiger partial charge in [-0.25, -0.2) is 13.1 Å². The van der Waals surface area contributed by atoms with E-state index in [0.29, 0.717) is 4.21 Å². The molecule has 0 saturated carbocycles. The van der Waals surface area contributed by atoms with Crippen molar-refractivity contribution in [3.8, 4) is 0 Å². The molecule has 3 rings (SSSR count). The zero-order chi connectivity index (χ0) is 16.3. The van der Waals surface area contributed by atoms with Crippen molar-refractivity contribution < 1.29 is 8.42 Å². The van der Waals surface area contributed by atoms with Gasteiger partial charge in [0.05, 0.1) is 0 Å². The Kier molecular flexibility index (Phi) is 5.38. The van der Waals surface area contributed by atoms with Crippen LogP contribution in [-0.2, 0) is 16.6 Å². The molecular weight excluding hydrogens is 352 g/mol. The third kappa shape index (κ3) is 4.33. The van der Waals surface area contributed by atoms with Crippen molar-refractivity contribution in [1.29, 1.82) is 0 Å². The van der Waals surface area contributed by atoms with Crippen LogP contribution in [0.25, 0.3) is 0 Å². The van der Waals surface area contributed by atoms with E-state index >= 15 is 0 Å². The molecule has 1 aromatic carbocycles. The smallest absolute Gasteiger partial charge is 0.250 e. The first-order chi connectivity index (χ1) is 11.0. The number of sulfonamides is 1. The van der Waals surface area contributed by atoms with Gasteiger partial charge in [-0.3, -0.25) is 4.90 Å². The fourth-order valence-electron chi connectivity index (χ4n) is 2.77. The van der Waals surface area contributed by atoms with Crippen molar-refractivity contribution in [2.45, 2.75) is 29.6 Å². The van der Waals surface area contributed by atoms with Crippen molar-refractivity contribution in [3.05, 3.63) is 52.4 Å². The summed E-state index contributed by atoms with van der Waals surface area (Å²) in [5.74, 6) is 0. The van der Waals surface area contributed by atoms with Gasteiger partial charge in [-0.2, -0.15) is 0 Å². The lowest BCUT2D eigenvalue weighted by Crippen LogP contribution is -2.44. The molecule has 1 aliphatic rings. The Bertz CT molecular complexity index is 739. The SMILES string of the molecule is O=S(=O)(NC1CCN(Cc2ccccc2Cl)CC1)c1cccs1. The second-order valence-electron chi connectivity index (χ2n) is 5.70. The molecule has 7 heteroatoms. The highest BCUT2D eigenvalue weighted by molar-refractivity contribution is 7.91. The highest BCUT2D eigenvalue weighted by Gasteiger charge is 2.25. The Morgan fingerprint density at radius 1 is 1.17 bits per heavy atom. The molecule has 1 aliphatic heterocycles. The Hall–Kier alpha value is -0.920. The molecule has 1 N–H and O–H groups in total. The summed E-state index contributed by atoms with van der Waals surface area (Å²) in [5, 5.41) is 2.56. The predicted octanol–water partition coefficient (Wildman–Crippen LogP) is 3.34. The molecule has 0 unspecified atom stereocenters. The number of likely N-dealkylation sites (tertiary alicyclic amines) is 1. The lowest BCUT2D eigenvalue weighted by Gasteiger charge is -2.32. The van der Waals surface area contributed by atoms with E-state index in [4.69, 9.17) is 11.6 Å². The van der Waals surface area contributed by atoms with Crippen LogP contribution in [0.4, 0.5) is 0 Å². The lowest BCUT2D eigenvalue weighted by molar-refractivity contribution is 0.200. The van der Waals surface area contributed by atoms with E-state index < -0.39 is 10.0 Å². The molecule has 0 bridgehead atoms. The molecule has 124 valence electrons. The first kappa shape index (κ1) is 16.9. The Balaban J connectivity index is 1.54. The summed E-state index contributed by atoms with van der Waals surface area (Å²) in [5.41, 5.74) is 1.12. The van der Waals surface area contributed by atoms with Gasteiger partial charge in [0.2, 0.25) is 10.0 Å². The van der Waals surface area contributed by atoms with Gasteiger partial charge in [0.25, 0.3) is 0 Å². The van der Waals surface area contributed by atoms with Crippen molar-refractivity contribution in [2.24, 2.45) is 0 Å². The van der Waals surface area contributed by atoms with Gasteiger partial charge >= 0.3 is 0 Å². The summed E-state index contributed by atoms with van der Waals surface area (Å²) in [7, 11) is -3.37. The highest BCUT2D eigenvalue weighted by Crippen LogP contribution is 2.21. The standard InChI is InChI=1S/C16H19ClN2O2S2/c17-15-5-2-1-4-13(15)12-19-9-7-14(8-10-19)18-23(20,21)16-6-3-11-22-16/h1-6,11,14,18H,7-10,12H2. The van der Waals surface area contributed by atoms with Crippen LogP contribution >= 0.6 is 22.9 Å². The lowest BCUT2D eigenvalue weighted by atomic mass is 10.1. The highest BCUT2D eigenvalue weighted by atomic mass is 35.5. The van der Waals surface area contributed by atoms with E-state index in [1.807, 2.05) is 24.3 Å². The largest absolute Gasteiger partial charge is 0.299 e. The summed E-state index contributed by atoms with van der Waals surface area (Å²) >= 11 is 7.45. The van der Waals surface area contributed by atoms with Gasteiger partial charge in [0.15, 0.2) is 0 Å². The molecule has 0 aliphatic carbocycles. The molecule has 1 aromatic heterocycles. The maximum Gasteiger partial charge on any atom is 0.250 e. The second kappa shape index (κ2) is 7.32. The van der Waals surface area contributed by atoms with Gasteiger partial charge in [0.1, 0.15) is 4.21 Å². The Labute approximate surface area is 146 Å². The van der Waals surface area contributed by atoms with Crippen molar-refractivity contribution in [2.75, 3.05) is 13.1 Å². The zero-order valence-electron chi connectivity index (χ0n) is 12.6. The van der Waals surface area contributed by atoms with Crippen LogP contribution < -0.4 is 4.72 Å². The number of nitrogens with one attached hydrogen (secondary N) is 1. The van der Waals surface area contributed by atoms with Crippen LogP contribution in [0, 0.1) is 0 Å². The number of halogens is 1. The normalized spacial score (nSPS) is 17.4. The first-order valence-corrected chi connectivity index (χ1v) is 10.3. The monoisotopic (exact) mass is 370 g/mol. The number of benzene rings is 1. The number of hydrogen-bond donors (Lipinski definition) is 1. The Morgan fingerprint density at radius 3 is 2.57 bits per heavy atom. The van der Waals surface area contributed by atoms with Crippen molar-refractivity contribution in [3.63, 3.8) is 0 Å². The van der Waals surface area contributed by atoms with E-state index in [0.717, 1.165) is 43.1 Å². The maximum atomic E-state index is 12.2. The van der Waals surface area contributed by atoms with Crippen LogP contribution in [-0.4, -0.2) is 32.4 Å². The number of rotatable bonds is 5. The average molecular weight is 371 g/mol. The number of piperidine rings is 1. The molecule has 0 spiro atoms. The van der Waals surface area contributed by atoms with E-state index in [1.54, 1.807) is 17.5 Å². The first-order valence-electron chi connectivity index (χ1n) is 7.56. The van der Waals surface area contributed by atoms with Gasteiger partial charge in [-0.1, -0.05) is 35.9 Å². The maximum absolute atomic E-state index is 12.2. The summed E-state index contributed by atoms with van der Waals surface area (Å²) < 4.78 is 27.7. The third-order valence-corrected chi connectivity index (χ3v) is 7.31. The molecule has 0 radical (unpaired) electrons. The van der Waals surface area contributed by atoms with Crippen LogP contribution in [0.1, 0.15) is 18.4 Å². The van der Waals surface area contributed by atoms with Gasteiger partial charge in [0, 0.05) is 30.7 Å². The molecule has 0 amide bonds. The van der Waals surface area contributed by atoms with E-state index in [2.05, 4.69) is 9.62 Å². The predicted molar refractivity (Wildman–Crippen MR) is 94.4 cm³/mol. The molecule has 1 saturated heterocycles.